The van der Waals surface area contributed by atoms with Crippen molar-refractivity contribution in [1.29, 1.82) is 0 Å². The molecule has 3 aliphatic rings. The Morgan fingerprint density at radius 2 is 1.42 bits per heavy atom. The second-order valence-corrected chi connectivity index (χ2v) is 6.74. The summed E-state index contributed by atoms with van der Waals surface area (Å²) in [6.45, 7) is 3.59. The van der Waals surface area contributed by atoms with Gasteiger partial charge in [-0.2, -0.15) is 0 Å². The van der Waals surface area contributed by atoms with Gasteiger partial charge < -0.3 is 9.80 Å². The number of aromatic nitrogens is 2. The highest BCUT2D eigenvalue weighted by molar-refractivity contribution is 6.51. The summed E-state index contributed by atoms with van der Waals surface area (Å²) in [7, 11) is 0. The summed E-state index contributed by atoms with van der Waals surface area (Å²) < 4.78 is 0. The molecule has 0 aromatic carbocycles. The SMILES string of the molecule is O=C1C=C(N2CCCCC2)c2ncnc(N3CCCCC3)c2C1=O. The van der Waals surface area contributed by atoms with Crippen LogP contribution < -0.4 is 4.90 Å². The van der Waals surface area contributed by atoms with Gasteiger partial charge in [0.15, 0.2) is 0 Å². The normalized spacial score (nSPS) is 21.6. The number of hydrogen-bond acceptors (Lipinski definition) is 6. The van der Waals surface area contributed by atoms with E-state index in [0.717, 1.165) is 57.6 Å². The van der Waals surface area contributed by atoms with Crippen LogP contribution in [-0.2, 0) is 4.79 Å². The van der Waals surface area contributed by atoms with Crippen molar-refractivity contribution in [1.82, 2.24) is 14.9 Å². The van der Waals surface area contributed by atoms with Crippen molar-refractivity contribution in [3.63, 3.8) is 0 Å². The summed E-state index contributed by atoms with van der Waals surface area (Å²) in [6, 6.07) is 0. The molecule has 2 fully saturated rings. The smallest absolute Gasteiger partial charge is 0.238 e. The molecule has 0 spiro atoms. The van der Waals surface area contributed by atoms with Crippen molar-refractivity contribution in [3.05, 3.63) is 23.7 Å². The number of Topliss-reactive ketones (excluding diaryl/α,β-unsaturated/α-hetero) is 1. The molecular formula is C18H22N4O2. The summed E-state index contributed by atoms with van der Waals surface area (Å²) in [4.78, 5) is 38.0. The first-order valence-corrected chi connectivity index (χ1v) is 8.91. The van der Waals surface area contributed by atoms with Gasteiger partial charge in [0.1, 0.15) is 17.8 Å². The molecule has 0 atom stereocenters. The van der Waals surface area contributed by atoms with Gasteiger partial charge in [-0.1, -0.05) is 0 Å². The van der Waals surface area contributed by atoms with Gasteiger partial charge >= 0.3 is 0 Å². The highest BCUT2D eigenvalue weighted by Crippen LogP contribution is 2.33. The first kappa shape index (κ1) is 15.3. The summed E-state index contributed by atoms with van der Waals surface area (Å²) >= 11 is 0. The van der Waals surface area contributed by atoms with Crippen molar-refractivity contribution >= 4 is 23.1 Å². The number of piperidine rings is 2. The molecular weight excluding hydrogens is 304 g/mol. The van der Waals surface area contributed by atoms with E-state index in [1.165, 1.54) is 25.2 Å². The van der Waals surface area contributed by atoms with Gasteiger partial charge in [-0.15, -0.1) is 0 Å². The average Bonchev–Trinajstić information content (AvgIpc) is 2.65. The molecule has 126 valence electrons. The zero-order valence-electron chi connectivity index (χ0n) is 13.8. The number of ketones is 2. The highest BCUT2D eigenvalue weighted by atomic mass is 16.2. The average molecular weight is 326 g/mol. The maximum absolute atomic E-state index is 12.6. The molecule has 0 unspecified atom stereocenters. The molecule has 1 aromatic rings. The lowest BCUT2D eigenvalue weighted by Crippen LogP contribution is -2.36. The summed E-state index contributed by atoms with van der Waals surface area (Å²) in [5.41, 5.74) is 1.85. The Morgan fingerprint density at radius 3 is 2.08 bits per heavy atom. The van der Waals surface area contributed by atoms with Crippen LogP contribution in [0, 0.1) is 0 Å². The van der Waals surface area contributed by atoms with E-state index in [1.807, 2.05) is 0 Å². The van der Waals surface area contributed by atoms with Crippen LogP contribution in [0.5, 0.6) is 0 Å². The zero-order valence-corrected chi connectivity index (χ0v) is 13.8. The Hall–Kier alpha value is -2.24. The van der Waals surface area contributed by atoms with Gasteiger partial charge in [-0.05, 0) is 38.5 Å². The molecule has 0 radical (unpaired) electrons. The fourth-order valence-corrected chi connectivity index (χ4v) is 3.88. The minimum absolute atomic E-state index is 0.410. The lowest BCUT2D eigenvalue weighted by Gasteiger charge is -2.34. The van der Waals surface area contributed by atoms with Crippen LogP contribution in [0.2, 0.25) is 0 Å². The number of carbonyl (C=O) groups excluding carboxylic acids is 2. The molecule has 1 aromatic heterocycles. The van der Waals surface area contributed by atoms with E-state index in [-0.39, 0.29) is 0 Å². The largest absolute Gasteiger partial charge is 0.370 e. The molecule has 4 rings (SSSR count). The molecule has 3 heterocycles. The molecule has 6 nitrogen and oxygen atoms in total. The Bertz CT molecular complexity index is 701. The summed E-state index contributed by atoms with van der Waals surface area (Å²) in [5.74, 6) is -0.274. The Labute approximate surface area is 141 Å². The zero-order chi connectivity index (χ0) is 16.5. The van der Waals surface area contributed by atoms with Crippen LogP contribution in [-0.4, -0.2) is 52.6 Å². The second-order valence-electron chi connectivity index (χ2n) is 6.74. The second kappa shape index (κ2) is 6.34. The van der Waals surface area contributed by atoms with Gasteiger partial charge in [0.25, 0.3) is 0 Å². The first-order chi connectivity index (χ1) is 11.8. The summed E-state index contributed by atoms with van der Waals surface area (Å²) in [6.07, 6.45) is 9.83. The fraction of sp³-hybridized carbons (Fsp3) is 0.556. The van der Waals surface area contributed by atoms with Gasteiger partial charge in [-0.25, -0.2) is 9.97 Å². The molecule has 1 aliphatic carbocycles. The number of allylic oxidation sites excluding steroid dienone is 1. The number of likely N-dealkylation sites (tertiary alicyclic amines) is 1. The first-order valence-electron chi connectivity index (χ1n) is 8.91. The number of anilines is 1. The molecule has 6 heteroatoms. The number of hydrogen-bond donors (Lipinski definition) is 0. The lowest BCUT2D eigenvalue weighted by atomic mass is 9.94. The van der Waals surface area contributed by atoms with E-state index in [1.54, 1.807) is 0 Å². The van der Waals surface area contributed by atoms with Crippen LogP contribution in [0.4, 0.5) is 5.82 Å². The number of rotatable bonds is 2. The molecule has 24 heavy (non-hydrogen) atoms. The maximum Gasteiger partial charge on any atom is 0.238 e. The molecule has 0 bridgehead atoms. The van der Waals surface area contributed by atoms with Crippen LogP contribution in [0.1, 0.15) is 54.6 Å². The standard InChI is InChI=1S/C18H22N4O2/c23-14-11-13(21-7-3-1-4-8-21)16-15(17(14)24)18(20-12-19-16)22-9-5-2-6-10-22/h11-12H,1-10H2. The quantitative estimate of drug-likeness (QED) is 0.775. The van der Waals surface area contributed by atoms with E-state index in [2.05, 4.69) is 19.8 Å². The minimum atomic E-state index is -0.466. The van der Waals surface area contributed by atoms with Crippen LogP contribution in [0.25, 0.3) is 5.70 Å². The highest BCUT2D eigenvalue weighted by Gasteiger charge is 2.34. The van der Waals surface area contributed by atoms with Gasteiger partial charge in [0.05, 0.1) is 11.3 Å². The topological polar surface area (TPSA) is 66.4 Å². The third kappa shape index (κ3) is 2.60. The van der Waals surface area contributed by atoms with Crippen molar-refractivity contribution in [2.24, 2.45) is 0 Å². The predicted octanol–water partition coefficient (Wildman–Crippen LogP) is 2.06. The molecule has 0 N–H and O–H groups in total. The van der Waals surface area contributed by atoms with Gasteiger partial charge in [0.2, 0.25) is 11.6 Å². The molecule has 2 aliphatic heterocycles. The van der Waals surface area contributed by atoms with Crippen LogP contribution in [0.15, 0.2) is 12.4 Å². The predicted molar refractivity (Wildman–Crippen MR) is 90.8 cm³/mol. The van der Waals surface area contributed by atoms with Crippen LogP contribution in [0.3, 0.4) is 0 Å². The van der Waals surface area contributed by atoms with E-state index in [9.17, 15) is 9.59 Å². The van der Waals surface area contributed by atoms with E-state index < -0.39 is 11.6 Å². The van der Waals surface area contributed by atoms with Crippen molar-refractivity contribution in [3.8, 4) is 0 Å². The maximum atomic E-state index is 12.6. The van der Waals surface area contributed by atoms with E-state index in [4.69, 9.17) is 0 Å². The van der Waals surface area contributed by atoms with Gasteiger partial charge in [-0.3, -0.25) is 9.59 Å². The van der Waals surface area contributed by atoms with Crippen molar-refractivity contribution < 1.29 is 9.59 Å². The minimum Gasteiger partial charge on any atom is -0.370 e. The van der Waals surface area contributed by atoms with Crippen molar-refractivity contribution in [2.45, 2.75) is 38.5 Å². The third-order valence-electron chi connectivity index (χ3n) is 5.14. The monoisotopic (exact) mass is 326 g/mol. The molecule has 0 saturated carbocycles. The fourth-order valence-electron chi connectivity index (χ4n) is 3.88. The van der Waals surface area contributed by atoms with Gasteiger partial charge in [0, 0.05) is 32.3 Å². The van der Waals surface area contributed by atoms with E-state index >= 15 is 0 Å². The van der Waals surface area contributed by atoms with E-state index in [0.29, 0.717) is 17.1 Å². The summed E-state index contributed by atoms with van der Waals surface area (Å²) in [5, 5.41) is 0. The lowest BCUT2D eigenvalue weighted by molar-refractivity contribution is -0.111. The number of nitrogens with zero attached hydrogens (tertiary/aromatic N) is 4. The Kier molecular flexibility index (Phi) is 4.04. The Morgan fingerprint density at radius 1 is 0.792 bits per heavy atom. The molecule has 0 amide bonds. The van der Waals surface area contributed by atoms with Crippen molar-refractivity contribution in [2.75, 3.05) is 31.1 Å². The molecule has 2 saturated heterocycles. The third-order valence-corrected chi connectivity index (χ3v) is 5.14. The number of carbonyl (C=O) groups is 2. The number of fused-ring (bicyclic) bond motifs is 1. The van der Waals surface area contributed by atoms with Crippen LogP contribution >= 0.6 is 0 Å². The Balaban J connectivity index is 1.78.